The highest BCUT2D eigenvalue weighted by atomic mass is 32.1. The van der Waals surface area contributed by atoms with E-state index in [0.29, 0.717) is 6.54 Å². The van der Waals surface area contributed by atoms with Crippen molar-refractivity contribution in [3.63, 3.8) is 0 Å². The van der Waals surface area contributed by atoms with Crippen molar-refractivity contribution in [2.24, 2.45) is 0 Å². The van der Waals surface area contributed by atoms with Crippen molar-refractivity contribution in [3.05, 3.63) is 16.1 Å². The van der Waals surface area contributed by atoms with Crippen LogP contribution in [0.15, 0.2) is 5.38 Å². The Labute approximate surface area is 135 Å². The van der Waals surface area contributed by atoms with Gasteiger partial charge >= 0.3 is 6.03 Å². The van der Waals surface area contributed by atoms with Crippen molar-refractivity contribution in [2.45, 2.75) is 58.7 Å². The third kappa shape index (κ3) is 4.43. The number of thiazole rings is 1. The number of aryl methyl sites for hydroxylation is 1. The molecule has 1 aliphatic rings. The molecule has 7 heteroatoms. The summed E-state index contributed by atoms with van der Waals surface area (Å²) in [6, 6.07) is -0.594. The monoisotopic (exact) mass is 324 g/mol. The lowest BCUT2D eigenvalue weighted by Crippen LogP contribution is -2.53. The maximum Gasteiger partial charge on any atom is 0.315 e. The fourth-order valence-corrected chi connectivity index (χ4v) is 3.33. The molecule has 2 rings (SSSR count). The minimum atomic E-state index is -0.515. The van der Waals surface area contributed by atoms with Crippen molar-refractivity contribution in [2.75, 3.05) is 6.54 Å². The quantitative estimate of drug-likeness (QED) is 0.890. The Morgan fingerprint density at radius 3 is 2.91 bits per heavy atom. The Morgan fingerprint density at radius 1 is 1.50 bits per heavy atom. The van der Waals surface area contributed by atoms with Gasteiger partial charge < -0.3 is 15.5 Å². The van der Waals surface area contributed by atoms with Gasteiger partial charge in [0.15, 0.2) is 0 Å². The molecule has 6 nitrogen and oxygen atoms in total. The van der Waals surface area contributed by atoms with Gasteiger partial charge in [0.25, 0.3) is 0 Å². The highest BCUT2D eigenvalue weighted by Crippen LogP contribution is 2.17. The summed E-state index contributed by atoms with van der Waals surface area (Å²) in [6.07, 6.45) is 3.24. The van der Waals surface area contributed by atoms with Crippen LogP contribution in [-0.2, 0) is 11.3 Å². The van der Waals surface area contributed by atoms with Crippen LogP contribution in [0.2, 0.25) is 0 Å². The summed E-state index contributed by atoms with van der Waals surface area (Å²) in [4.78, 5) is 30.4. The largest absolute Gasteiger partial charge is 0.338 e. The van der Waals surface area contributed by atoms with Gasteiger partial charge in [0.2, 0.25) is 5.91 Å². The summed E-state index contributed by atoms with van der Waals surface area (Å²) < 4.78 is 0. The second-order valence-electron chi connectivity index (χ2n) is 5.81. The molecule has 2 N–H and O–H groups in total. The zero-order chi connectivity index (χ0) is 16.1. The molecule has 0 unspecified atom stereocenters. The molecule has 0 radical (unpaired) electrons. The standard InChI is InChI=1S/C15H24N4O2S/c1-10-9-22-13(17-10)8-16-15(21)18-12(3)14(20)19-7-5-4-6-11(19)2/h9,11-12H,4-8H2,1-3H3,(H2,16,18,21)/t11-,12-/m1/s1. The normalized spacial score (nSPS) is 19.6. The van der Waals surface area contributed by atoms with Crippen molar-refractivity contribution in [1.29, 1.82) is 0 Å². The highest BCUT2D eigenvalue weighted by molar-refractivity contribution is 7.09. The van der Waals surface area contributed by atoms with E-state index in [0.717, 1.165) is 30.1 Å². The van der Waals surface area contributed by atoms with Crippen molar-refractivity contribution in [1.82, 2.24) is 20.5 Å². The predicted molar refractivity (Wildman–Crippen MR) is 86.7 cm³/mol. The maximum atomic E-state index is 12.4. The molecular formula is C15H24N4O2S. The Hall–Kier alpha value is -1.63. The van der Waals surface area contributed by atoms with Crippen LogP contribution in [0.4, 0.5) is 4.79 Å². The summed E-state index contributed by atoms with van der Waals surface area (Å²) in [5.41, 5.74) is 0.949. The number of urea groups is 1. The van der Waals surface area contributed by atoms with E-state index in [1.165, 1.54) is 17.8 Å². The Bertz CT molecular complexity index is 531. The molecule has 0 bridgehead atoms. The number of nitrogens with one attached hydrogen (secondary N) is 2. The zero-order valence-corrected chi connectivity index (χ0v) is 14.2. The molecule has 0 aliphatic carbocycles. The average molecular weight is 324 g/mol. The summed E-state index contributed by atoms with van der Waals surface area (Å²) in [7, 11) is 0. The molecule has 1 fully saturated rings. The number of piperidine rings is 1. The Balaban J connectivity index is 1.78. The van der Waals surface area contributed by atoms with Crippen LogP contribution in [0.1, 0.15) is 43.8 Å². The minimum absolute atomic E-state index is 0.00700. The number of likely N-dealkylation sites (tertiary alicyclic amines) is 1. The van der Waals surface area contributed by atoms with Crippen molar-refractivity contribution >= 4 is 23.3 Å². The van der Waals surface area contributed by atoms with E-state index in [4.69, 9.17) is 0 Å². The van der Waals surface area contributed by atoms with E-state index in [9.17, 15) is 9.59 Å². The number of amides is 3. The van der Waals surface area contributed by atoms with Gasteiger partial charge in [-0.1, -0.05) is 0 Å². The van der Waals surface area contributed by atoms with Crippen LogP contribution in [0.3, 0.4) is 0 Å². The first kappa shape index (κ1) is 16.7. The molecule has 3 amide bonds. The van der Waals surface area contributed by atoms with Gasteiger partial charge in [-0.15, -0.1) is 11.3 Å². The zero-order valence-electron chi connectivity index (χ0n) is 13.4. The molecule has 1 aliphatic heterocycles. The summed E-state index contributed by atoms with van der Waals surface area (Å²) in [5, 5.41) is 8.25. The first-order valence-electron chi connectivity index (χ1n) is 7.73. The van der Waals surface area contributed by atoms with Crippen LogP contribution >= 0.6 is 11.3 Å². The molecule has 1 aromatic heterocycles. The summed E-state index contributed by atoms with van der Waals surface area (Å²) >= 11 is 1.51. The molecule has 1 saturated heterocycles. The summed E-state index contributed by atoms with van der Waals surface area (Å²) in [5.74, 6) is -0.00700. The molecule has 0 spiro atoms. The lowest BCUT2D eigenvalue weighted by Gasteiger charge is -2.35. The van der Waals surface area contributed by atoms with Crippen LogP contribution in [0.5, 0.6) is 0 Å². The Morgan fingerprint density at radius 2 is 2.27 bits per heavy atom. The SMILES string of the molecule is Cc1csc(CNC(=O)N[C@H](C)C(=O)N2CCCC[C@H]2C)n1. The van der Waals surface area contributed by atoms with E-state index in [2.05, 4.69) is 22.5 Å². The minimum Gasteiger partial charge on any atom is -0.338 e. The molecule has 0 aromatic carbocycles. The van der Waals surface area contributed by atoms with Crippen molar-refractivity contribution in [3.8, 4) is 0 Å². The maximum absolute atomic E-state index is 12.4. The predicted octanol–water partition coefficient (Wildman–Crippen LogP) is 2.04. The van der Waals surface area contributed by atoms with Gasteiger partial charge in [-0.2, -0.15) is 0 Å². The summed E-state index contributed by atoms with van der Waals surface area (Å²) in [6.45, 7) is 6.88. The van der Waals surface area contributed by atoms with E-state index in [-0.39, 0.29) is 18.0 Å². The molecule has 22 heavy (non-hydrogen) atoms. The van der Waals surface area contributed by atoms with Gasteiger partial charge in [0, 0.05) is 23.7 Å². The fraction of sp³-hybridized carbons (Fsp3) is 0.667. The van der Waals surface area contributed by atoms with Crippen molar-refractivity contribution < 1.29 is 9.59 Å². The van der Waals surface area contributed by atoms with E-state index < -0.39 is 6.04 Å². The van der Waals surface area contributed by atoms with Crippen LogP contribution in [0.25, 0.3) is 0 Å². The van der Waals surface area contributed by atoms with Crippen LogP contribution in [-0.4, -0.2) is 40.5 Å². The molecule has 0 saturated carbocycles. The Kier molecular flexibility index (Phi) is 5.76. The number of carbonyl (C=O) groups is 2. The number of rotatable bonds is 4. The molecule has 2 heterocycles. The van der Waals surface area contributed by atoms with Crippen LogP contribution < -0.4 is 10.6 Å². The lowest BCUT2D eigenvalue weighted by atomic mass is 10.0. The highest BCUT2D eigenvalue weighted by Gasteiger charge is 2.27. The average Bonchev–Trinajstić information content (AvgIpc) is 2.90. The smallest absolute Gasteiger partial charge is 0.315 e. The van der Waals surface area contributed by atoms with Gasteiger partial charge in [0.1, 0.15) is 11.0 Å². The number of carbonyl (C=O) groups excluding carboxylic acids is 2. The van der Waals surface area contributed by atoms with E-state index in [1.807, 2.05) is 17.2 Å². The second kappa shape index (κ2) is 7.58. The first-order valence-corrected chi connectivity index (χ1v) is 8.61. The second-order valence-corrected chi connectivity index (χ2v) is 6.75. The number of nitrogens with zero attached hydrogens (tertiary/aromatic N) is 2. The fourth-order valence-electron chi connectivity index (χ4n) is 2.62. The van der Waals surface area contributed by atoms with E-state index >= 15 is 0 Å². The van der Waals surface area contributed by atoms with Gasteiger partial charge in [0.05, 0.1) is 6.54 Å². The third-order valence-corrected chi connectivity index (χ3v) is 4.84. The number of hydrogen-bond acceptors (Lipinski definition) is 4. The van der Waals surface area contributed by atoms with Gasteiger partial charge in [-0.25, -0.2) is 9.78 Å². The first-order chi connectivity index (χ1) is 10.5. The van der Waals surface area contributed by atoms with E-state index in [1.54, 1.807) is 6.92 Å². The van der Waals surface area contributed by atoms with Gasteiger partial charge in [-0.3, -0.25) is 4.79 Å². The molecule has 2 atom stereocenters. The third-order valence-electron chi connectivity index (χ3n) is 3.87. The molecule has 122 valence electrons. The van der Waals surface area contributed by atoms with Gasteiger partial charge in [-0.05, 0) is 40.0 Å². The number of hydrogen-bond donors (Lipinski definition) is 2. The number of aromatic nitrogens is 1. The topological polar surface area (TPSA) is 74.3 Å². The molecule has 1 aromatic rings. The molecular weight excluding hydrogens is 300 g/mol. The lowest BCUT2D eigenvalue weighted by molar-refractivity contribution is -0.136. The van der Waals surface area contributed by atoms with Crippen LogP contribution in [0, 0.1) is 6.92 Å².